The molecule has 2 aromatic rings. The lowest BCUT2D eigenvalue weighted by molar-refractivity contribution is -0.122. The fourth-order valence-electron chi connectivity index (χ4n) is 3.13. The van der Waals surface area contributed by atoms with Crippen molar-refractivity contribution in [2.24, 2.45) is 0 Å². The van der Waals surface area contributed by atoms with Crippen LogP contribution in [0.4, 0.5) is 4.79 Å². The quantitative estimate of drug-likeness (QED) is 0.621. The predicted molar refractivity (Wildman–Crippen MR) is 98.3 cm³/mol. The first kappa shape index (κ1) is 17.1. The van der Waals surface area contributed by atoms with Gasteiger partial charge in [-0.1, -0.05) is 17.9 Å². The summed E-state index contributed by atoms with van der Waals surface area (Å²) >= 11 is 1.48. The number of rotatable bonds is 3. The number of benzene rings is 1. The zero-order valence-corrected chi connectivity index (χ0v) is 15.2. The Morgan fingerprint density at radius 2 is 2.15 bits per heavy atom. The van der Waals surface area contributed by atoms with Gasteiger partial charge >= 0.3 is 6.03 Å². The molecule has 27 heavy (non-hydrogen) atoms. The number of urea groups is 1. The highest BCUT2D eigenvalue weighted by Crippen LogP contribution is 2.28. The van der Waals surface area contributed by atoms with Crippen molar-refractivity contribution >= 4 is 29.2 Å². The third-order valence-corrected chi connectivity index (χ3v) is 5.19. The van der Waals surface area contributed by atoms with Crippen molar-refractivity contribution in [1.82, 2.24) is 15.5 Å². The molecule has 7 nitrogen and oxygen atoms in total. The summed E-state index contributed by atoms with van der Waals surface area (Å²) < 4.78 is 5.17. The van der Waals surface area contributed by atoms with Crippen LogP contribution in [0.2, 0.25) is 0 Å². The lowest BCUT2D eigenvalue weighted by atomic mass is 9.99. The average molecular weight is 381 g/mol. The van der Waals surface area contributed by atoms with E-state index in [1.54, 1.807) is 12.1 Å². The second-order valence-corrected chi connectivity index (χ2v) is 7.04. The molecule has 0 spiro atoms. The van der Waals surface area contributed by atoms with Gasteiger partial charge in [0.05, 0.1) is 13.7 Å². The number of imide groups is 1. The van der Waals surface area contributed by atoms with Crippen LogP contribution in [0, 0.1) is 11.8 Å². The van der Waals surface area contributed by atoms with Gasteiger partial charge in [-0.05, 0) is 29.1 Å². The maximum atomic E-state index is 12.8. The number of hydrogen-bond acceptors (Lipinski definition) is 5. The summed E-state index contributed by atoms with van der Waals surface area (Å²) in [6.45, 7) is 0.292. The SMILES string of the molecule is COc1ccc2c(c1)C(=O)N(C[C@@]1(C#Cc3ccsc3)NC(=O)NC1=O)C2. The molecule has 2 N–H and O–H groups in total. The van der Waals surface area contributed by atoms with E-state index in [0.717, 1.165) is 11.1 Å². The van der Waals surface area contributed by atoms with Gasteiger partial charge in [0.15, 0.2) is 0 Å². The Morgan fingerprint density at radius 1 is 1.30 bits per heavy atom. The number of nitrogens with one attached hydrogen (secondary N) is 2. The molecule has 0 radical (unpaired) electrons. The average Bonchev–Trinajstić information content (AvgIpc) is 3.34. The van der Waals surface area contributed by atoms with Crippen LogP contribution < -0.4 is 15.4 Å². The third kappa shape index (κ3) is 3.02. The summed E-state index contributed by atoms with van der Waals surface area (Å²) in [7, 11) is 1.53. The highest BCUT2D eigenvalue weighted by Gasteiger charge is 2.48. The number of fused-ring (bicyclic) bond motifs is 1. The van der Waals surface area contributed by atoms with Crippen molar-refractivity contribution in [3.63, 3.8) is 0 Å². The molecule has 1 saturated heterocycles. The summed E-state index contributed by atoms with van der Waals surface area (Å²) in [4.78, 5) is 38.5. The molecular weight excluding hydrogens is 366 g/mol. The summed E-state index contributed by atoms with van der Waals surface area (Å²) in [6, 6.07) is 6.48. The number of carbonyl (C=O) groups excluding carboxylic acids is 3. The zero-order chi connectivity index (χ0) is 19.0. The minimum absolute atomic E-state index is 0.0441. The Labute approximate surface area is 159 Å². The molecule has 136 valence electrons. The fourth-order valence-corrected chi connectivity index (χ4v) is 3.71. The monoisotopic (exact) mass is 381 g/mol. The maximum absolute atomic E-state index is 12.8. The van der Waals surface area contributed by atoms with E-state index in [-0.39, 0.29) is 12.5 Å². The first-order chi connectivity index (χ1) is 13.0. The highest BCUT2D eigenvalue weighted by atomic mass is 32.1. The first-order valence-corrected chi connectivity index (χ1v) is 9.10. The number of methoxy groups -OCH3 is 1. The van der Waals surface area contributed by atoms with Gasteiger partial charge in [-0.3, -0.25) is 14.9 Å². The van der Waals surface area contributed by atoms with Gasteiger partial charge in [0.1, 0.15) is 5.75 Å². The van der Waals surface area contributed by atoms with E-state index in [1.165, 1.54) is 23.3 Å². The van der Waals surface area contributed by atoms with Crippen LogP contribution in [0.3, 0.4) is 0 Å². The second-order valence-electron chi connectivity index (χ2n) is 6.26. The van der Waals surface area contributed by atoms with E-state index in [4.69, 9.17) is 4.74 Å². The van der Waals surface area contributed by atoms with E-state index in [0.29, 0.717) is 17.9 Å². The van der Waals surface area contributed by atoms with Crippen molar-refractivity contribution < 1.29 is 19.1 Å². The topological polar surface area (TPSA) is 87.7 Å². The van der Waals surface area contributed by atoms with Crippen LogP contribution in [-0.2, 0) is 11.3 Å². The Morgan fingerprint density at radius 3 is 2.81 bits per heavy atom. The van der Waals surface area contributed by atoms with E-state index in [9.17, 15) is 14.4 Å². The predicted octanol–water partition coefficient (Wildman–Crippen LogP) is 1.34. The number of amides is 4. The molecule has 0 unspecified atom stereocenters. The molecule has 4 amide bonds. The first-order valence-electron chi connectivity index (χ1n) is 8.16. The lowest BCUT2D eigenvalue weighted by Crippen LogP contribution is -2.54. The van der Waals surface area contributed by atoms with E-state index < -0.39 is 17.5 Å². The molecule has 0 bridgehead atoms. The molecule has 3 heterocycles. The van der Waals surface area contributed by atoms with Gasteiger partial charge in [-0.15, -0.1) is 0 Å². The molecule has 1 aromatic heterocycles. The maximum Gasteiger partial charge on any atom is 0.323 e. The van der Waals surface area contributed by atoms with Gasteiger partial charge in [0.25, 0.3) is 11.8 Å². The summed E-state index contributed by atoms with van der Waals surface area (Å²) in [5.41, 5.74) is 0.626. The Balaban J connectivity index is 1.64. The van der Waals surface area contributed by atoms with Crippen molar-refractivity contribution in [3.8, 4) is 17.6 Å². The molecule has 1 atom stereocenters. The molecule has 2 aliphatic heterocycles. The van der Waals surface area contributed by atoms with Crippen LogP contribution in [0.25, 0.3) is 0 Å². The summed E-state index contributed by atoms with van der Waals surface area (Å²) in [6.07, 6.45) is 0. The molecule has 0 aliphatic carbocycles. The highest BCUT2D eigenvalue weighted by molar-refractivity contribution is 7.08. The Hall–Kier alpha value is -3.31. The molecule has 1 fully saturated rings. The van der Waals surface area contributed by atoms with E-state index in [1.807, 2.05) is 22.9 Å². The second kappa shape index (κ2) is 6.45. The normalized spacial score (nSPS) is 20.6. The number of ether oxygens (including phenoxy) is 1. The van der Waals surface area contributed by atoms with Gasteiger partial charge in [-0.25, -0.2) is 4.79 Å². The zero-order valence-electron chi connectivity index (χ0n) is 14.4. The summed E-state index contributed by atoms with van der Waals surface area (Å²) in [5, 5.41) is 8.53. The molecule has 1 aromatic carbocycles. The Kier molecular flexibility index (Phi) is 4.09. The van der Waals surface area contributed by atoms with Crippen molar-refractivity contribution in [2.45, 2.75) is 12.1 Å². The minimum Gasteiger partial charge on any atom is -0.497 e. The molecule has 0 saturated carbocycles. The Bertz CT molecular complexity index is 1010. The van der Waals surface area contributed by atoms with Crippen molar-refractivity contribution in [3.05, 3.63) is 51.7 Å². The van der Waals surface area contributed by atoms with Gasteiger partial charge in [0.2, 0.25) is 5.54 Å². The number of hydrogen-bond donors (Lipinski definition) is 2. The number of carbonyl (C=O) groups is 3. The van der Waals surface area contributed by atoms with Gasteiger partial charge in [0, 0.05) is 23.1 Å². The minimum atomic E-state index is -1.49. The smallest absolute Gasteiger partial charge is 0.323 e. The molecular formula is C19H15N3O4S. The van der Waals surface area contributed by atoms with Crippen LogP contribution in [0.1, 0.15) is 21.5 Å². The summed E-state index contributed by atoms with van der Waals surface area (Å²) in [5.74, 6) is 5.58. The third-order valence-electron chi connectivity index (χ3n) is 4.51. The van der Waals surface area contributed by atoms with Gasteiger partial charge in [-0.2, -0.15) is 11.3 Å². The molecule has 4 rings (SSSR count). The van der Waals surface area contributed by atoms with Crippen LogP contribution in [0.5, 0.6) is 5.75 Å². The standard InChI is InChI=1S/C19H15N3O4S/c1-26-14-3-2-13-9-22(16(23)15(13)8-14)11-19(17(24)20-18(25)21-19)6-4-12-5-7-27-10-12/h2-3,5,7-8,10H,9,11H2,1H3,(H2,20,21,24,25)/t19-/m1/s1. The van der Waals surface area contributed by atoms with Crippen LogP contribution in [0.15, 0.2) is 35.0 Å². The lowest BCUT2D eigenvalue weighted by Gasteiger charge is -2.26. The van der Waals surface area contributed by atoms with E-state index in [2.05, 4.69) is 22.5 Å². The van der Waals surface area contributed by atoms with Crippen LogP contribution in [-0.4, -0.2) is 41.9 Å². The fraction of sp³-hybridized carbons (Fsp3) is 0.211. The largest absolute Gasteiger partial charge is 0.497 e. The number of thiophene rings is 1. The number of nitrogens with zero attached hydrogens (tertiary/aromatic N) is 1. The molecule has 8 heteroatoms. The van der Waals surface area contributed by atoms with Crippen molar-refractivity contribution in [1.29, 1.82) is 0 Å². The van der Waals surface area contributed by atoms with Crippen molar-refractivity contribution in [2.75, 3.05) is 13.7 Å². The van der Waals surface area contributed by atoms with Crippen LogP contribution >= 0.6 is 11.3 Å². The van der Waals surface area contributed by atoms with E-state index >= 15 is 0 Å². The van der Waals surface area contributed by atoms with Gasteiger partial charge < -0.3 is 15.0 Å². The molecule has 2 aliphatic rings.